The van der Waals surface area contributed by atoms with Gasteiger partial charge in [0.2, 0.25) is 0 Å². The maximum Gasteiger partial charge on any atom is 0.129 e. The van der Waals surface area contributed by atoms with E-state index in [1.54, 1.807) is 12.3 Å². The number of nitrogens with one attached hydrogen (secondary N) is 1. The molecule has 20 heavy (non-hydrogen) atoms. The second kappa shape index (κ2) is 5.72. The van der Waals surface area contributed by atoms with Crippen molar-refractivity contribution < 1.29 is 0 Å². The number of benzene rings is 2. The van der Waals surface area contributed by atoms with Crippen molar-refractivity contribution in [2.24, 2.45) is 5.10 Å². The number of nitrogens with zero attached hydrogens (tertiary/aromatic N) is 2. The first kappa shape index (κ1) is 12.6. The summed E-state index contributed by atoms with van der Waals surface area (Å²) < 4.78 is 0. The third-order valence-corrected chi connectivity index (χ3v) is 3.07. The summed E-state index contributed by atoms with van der Waals surface area (Å²) in [6.07, 6.45) is 1.78. The Morgan fingerprint density at radius 2 is 1.85 bits per heavy atom. The highest BCUT2D eigenvalue weighted by Crippen LogP contribution is 2.16. The van der Waals surface area contributed by atoms with Crippen molar-refractivity contribution in [3.05, 3.63) is 71.4 Å². The zero-order chi connectivity index (χ0) is 13.8. The first-order valence-electron chi connectivity index (χ1n) is 6.22. The van der Waals surface area contributed by atoms with Gasteiger partial charge < -0.3 is 0 Å². The average Bonchev–Trinajstić information content (AvgIpc) is 2.48. The Morgan fingerprint density at radius 1 is 1.00 bits per heavy atom. The van der Waals surface area contributed by atoms with Crippen LogP contribution in [0.4, 0.5) is 5.69 Å². The van der Waals surface area contributed by atoms with Crippen LogP contribution in [0.2, 0.25) is 5.15 Å². The lowest BCUT2D eigenvalue weighted by Crippen LogP contribution is -1.90. The normalized spacial score (nSPS) is 11.1. The minimum Gasteiger partial charge on any atom is -0.279 e. The molecule has 0 aliphatic heterocycles. The van der Waals surface area contributed by atoms with Gasteiger partial charge in [-0.3, -0.25) is 5.43 Å². The number of para-hydroxylation sites is 1. The molecule has 1 aromatic heterocycles. The van der Waals surface area contributed by atoms with Gasteiger partial charge in [-0.05, 0) is 42.0 Å². The number of hydrazone groups is 1. The zero-order valence-electron chi connectivity index (χ0n) is 10.6. The Balaban J connectivity index is 1.79. The molecule has 2 aromatic carbocycles. The van der Waals surface area contributed by atoms with Crippen LogP contribution in [0, 0.1) is 0 Å². The highest BCUT2D eigenvalue weighted by molar-refractivity contribution is 6.29. The van der Waals surface area contributed by atoms with Crippen LogP contribution >= 0.6 is 11.6 Å². The van der Waals surface area contributed by atoms with Gasteiger partial charge in [0, 0.05) is 5.39 Å². The second-order valence-electron chi connectivity index (χ2n) is 4.32. The fourth-order valence-corrected chi connectivity index (χ4v) is 2.05. The number of halogens is 1. The maximum absolute atomic E-state index is 5.86. The smallest absolute Gasteiger partial charge is 0.129 e. The second-order valence-corrected chi connectivity index (χ2v) is 4.71. The first-order valence-corrected chi connectivity index (χ1v) is 6.59. The number of hydrogen-bond donors (Lipinski definition) is 1. The Labute approximate surface area is 121 Å². The zero-order valence-corrected chi connectivity index (χ0v) is 11.4. The van der Waals surface area contributed by atoms with E-state index < -0.39 is 0 Å². The largest absolute Gasteiger partial charge is 0.279 e. The quantitative estimate of drug-likeness (QED) is 0.441. The van der Waals surface area contributed by atoms with Crippen LogP contribution < -0.4 is 5.43 Å². The van der Waals surface area contributed by atoms with E-state index in [4.69, 9.17) is 11.6 Å². The van der Waals surface area contributed by atoms with Gasteiger partial charge >= 0.3 is 0 Å². The lowest BCUT2D eigenvalue weighted by Gasteiger charge is -2.00. The van der Waals surface area contributed by atoms with Crippen molar-refractivity contribution in [1.29, 1.82) is 0 Å². The molecule has 0 aliphatic carbocycles. The first-order chi connectivity index (χ1) is 9.81. The monoisotopic (exact) mass is 281 g/mol. The lowest BCUT2D eigenvalue weighted by molar-refractivity contribution is 1.35. The number of fused-ring (bicyclic) bond motifs is 1. The summed E-state index contributed by atoms with van der Waals surface area (Å²) in [4.78, 5) is 4.25. The van der Waals surface area contributed by atoms with Crippen molar-refractivity contribution in [1.82, 2.24) is 4.98 Å². The summed E-state index contributed by atoms with van der Waals surface area (Å²) in [6.45, 7) is 0. The molecule has 0 amide bonds. The standard InChI is InChI=1S/C16H12ClN3/c17-16-9-7-13-10-12(6-8-15(13)19-16)11-18-20-14-4-2-1-3-5-14/h1-11,20H. The summed E-state index contributed by atoms with van der Waals surface area (Å²) >= 11 is 5.86. The van der Waals surface area contributed by atoms with Gasteiger partial charge in [-0.15, -0.1) is 0 Å². The molecule has 0 spiro atoms. The fraction of sp³-hybridized carbons (Fsp3) is 0. The number of anilines is 1. The van der Waals surface area contributed by atoms with Crippen LogP contribution in [0.25, 0.3) is 10.9 Å². The van der Waals surface area contributed by atoms with Crippen molar-refractivity contribution in [3.8, 4) is 0 Å². The van der Waals surface area contributed by atoms with Crippen molar-refractivity contribution in [3.63, 3.8) is 0 Å². The molecule has 0 saturated heterocycles. The fourth-order valence-electron chi connectivity index (χ4n) is 1.89. The minimum atomic E-state index is 0.504. The van der Waals surface area contributed by atoms with E-state index in [9.17, 15) is 0 Å². The topological polar surface area (TPSA) is 37.3 Å². The molecule has 3 nitrogen and oxygen atoms in total. The van der Waals surface area contributed by atoms with Crippen molar-refractivity contribution in [2.45, 2.75) is 0 Å². The van der Waals surface area contributed by atoms with Crippen molar-refractivity contribution >= 4 is 34.4 Å². The molecule has 0 atom stereocenters. The Kier molecular flexibility index (Phi) is 3.61. The van der Waals surface area contributed by atoms with Crippen LogP contribution in [0.5, 0.6) is 0 Å². The van der Waals surface area contributed by atoms with E-state index in [0.29, 0.717) is 5.15 Å². The predicted molar refractivity (Wildman–Crippen MR) is 84.4 cm³/mol. The third kappa shape index (κ3) is 2.95. The van der Waals surface area contributed by atoms with Gasteiger partial charge in [0.1, 0.15) is 5.15 Å². The maximum atomic E-state index is 5.86. The molecule has 0 aliphatic rings. The summed E-state index contributed by atoms with van der Waals surface area (Å²) in [7, 11) is 0. The van der Waals surface area contributed by atoms with Crippen LogP contribution in [0.1, 0.15) is 5.56 Å². The van der Waals surface area contributed by atoms with Crippen LogP contribution in [0.3, 0.4) is 0 Å². The Morgan fingerprint density at radius 3 is 2.70 bits per heavy atom. The Hall–Kier alpha value is -2.39. The molecule has 0 saturated carbocycles. The molecule has 1 heterocycles. The van der Waals surface area contributed by atoms with Crippen LogP contribution in [-0.4, -0.2) is 11.2 Å². The van der Waals surface area contributed by atoms with Gasteiger partial charge in [-0.25, -0.2) is 4.98 Å². The lowest BCUT2D eigenvalue weighted by atomic mass is 10.1. The summed E-state index contributed by atoms with van der Waals surface area (Å²) in [5.41, 5.74) is 5.82. The van der Waals surface area contributed by atoms with Gasteiger partial charge in [-0.1, -0.05) is 35.9 Å². The SMILES string of the molecule is Clc1ccc2cc(C=NNc3ccccc3)ccc2n1. The predicted octanol–water partition coefficient (Wildman–Crippen LogP) is 4.33. The van der Waals surface area contributed by atoms with Crippen molar-refractivity contribution in [2.75, 3.05) is 5.43 Å². The molecule has 98 valence electrons. The van der Waals surface area contributed by atoms with Gasteiger partial charge in [0.15, 0.2) is 0 Å². The molecule has 3 aromatic rings. The average molecular weight is 282 g/mol. The van der Waals surface area contributed by atoms with Gasteiger partial charge in [-0.2, -0.15) is 5.10 Å². The van der Waals surface area contributed by atoms with E-state index in [-0.39, 0.29) is 0 Å². The molecule has 4 heteroatoms. The van der Waals surface area contributed by atoms with Crippen LogP contribution in [-0.2, 0) is 0 Å². The molecular weight excluding hydrogens is 270 g/mol. The van der Waals surface area contributed by atoms with E-state index in [2.05, 4.69) is 15.5 Å². The number of aromatic nitrogens is 1. The summed E-state index contributed by atoms with van der Waals surface area (Å²) in [5.74, 6) is 0. The van der Waals surface area contributed by atoms with Gasteiger partial charge in [0.25, 0.3) is 0 Å². The number of pyridine rings is 1. The highest BCUT2D eigenvalue weighted by Gasteiger charge is 1.97. The van der Waals surface area contributed by atoms with E-state index in [1.807, 2.05) is 54.6 Å². The number of rotatable bonds is 3. The van der Waals surface area contributed by atoms with E-state index >= 15 is 0 Å². The molecular formula is C16H12ClN3. The van der Waals surface area contributed by atoms with Gasteiger partial charge in [0.05, 0.1) is 17.4 Å². The highest BCUT2D eigenvalue weighted by atomic mass is 35.5. The molecule has 0 bridgehead atoms. The number of hydrogen-bond acceptors (Lipinski definition) is 3. The molecule has 3 rings (SSSR count). The third-order valence-electron chi connectivity index (χ3n) is 2.86. The molecule has 0 radical (unpaired) electrons. The molecule has 0 unspecified atom stereocenters. The Bertz CT molecular complexity index is 754. The molecule has 1 N–H and O–H groups in total. The molecule has 0 fully saturated rings. The summed E-state index contributed by atoms with van der Waals surface area (Å²) in [5, 5.41) is 5.76. The van der Waals surface area contributed by atoms with Crippen LogP contribution in [0.15, 0.2) is 65.8 Å². The minimum absolute atomic E-state index is 0.504. The van der Waals surface area contributed by atoms with E-state index in [0.717, 1.165) is 22.2 Å². The summed E-state index contributed by atoms with van der Waals surface area (Å²) in [6, 6.07) is 19.5. The van der Waals surface area contributed by atoms with E-state index in [1.165, 1.54) is 0 Å².